The highest BCUT2D eigenvalue weighted by atomic mass is 35.5. The largest absolute Gasteiger partial charge is 0.396 e. The summed E-state index contributed by atoms with van der Waals surface area (Å²) >= 11 is 7.18. The van der Waals surface area contributed by atoms with Gasteiger partial charge in [-0.25, -0.2) is 0 Å². The van der Waals surface area contributed by atoms with Crippen molar-refractivity contribution < 1.29 is 9.90 Å². The second kappa shape index (κ2) is 6.66. The predicted octanol–water partition coefficient (Wildman–Crippen LogP) is 2.82. The van der Waals surface area contributed by atoms with Gasteiger partial charge in [0.25, 0.3) is 0 Å². The van der Waals surface area contributed by atoms with E-state index in [1.54, 1.807) is 12.1 Å². The summed E-state index contributed by atoms with van der Waals surface area (Å²) in [5.41, 5.74) is 0. The molecule has 0 aliphatic carbocycles. The van der Waals surface area contributed by atoms with Crippen molar-refractivity contribution in [2.45, 2.75) is 31.7 Å². The SMILES string of the molecule is O=C(CN1CCCCC1CCO)c1ccc(Cl)s1. The maximum Gasteiger partial charge on any atom is 0.186 e. The van der Waals surface area contributed by atoms with E-state index in [2.05, 4.69) is 4.90 Å². The normalized spacial score (nSPS) is 21.1. The number of halogens is 1. The third-order valence-corrected chi connectivity index (χ3v) is 4.68. The van der Waals surface area contributed by atoms with E-state index in [-0.39, 0.29) is 12.4 Å². The van der Waals surface area contributed by atoms with Crippen molar-refractivity contribution in [3.63, 3.8) is 0 Å². The first-order valence-electron chi connectivity index (χ1n) is 6.34. The lowest BCUT2D eigenvalue weighted by molar-refractivity contribution is 0.0802. The summed E-state index contributed by atoms with van der Waals surface area (Å²) in [6, 6.07) is 3.91. The number of thiophene rings is 1. The summed E-state index contributed by atoms with van der Waals surface area (Å²) in [6.45, 7) is 1.59. The van der Waals surface area contributed by atoms with Crippen LogP contribution in [0.2, 0.25) is 4.34 Å². The summed E-state index contributed by atoms with van der Waals surface area (Å²) in [5, 5.41) is 9.06. The number of likely N-dealkylation sites (tertiary alicyclic amines) is 1. The van der Waals surface area contributed by atoms with Gasteiger partial charge in [-0.3, -0.25) is 9.69 Å². The van der Waals surface area contributed by atoms with Crippen LogP contribution in [0.4, 0.5) is 0 Å². The molecule has 0 radical (unpaired) electrons. The van der Waals surface area contributed by atoms with Gasteiger partial charge in [-0.15, -0.1) is 11.3 Å². The minimum Gasteiger partial charge on any atom is -0.396 e. The van der Waals surface area contributed by atoms with Gasteiger partial charge in [-0.05, 0) is 37.9 Å². The number of aliphatic hydroxyl groups excluding tert-OH is 1. The molecule has 0 amide bonds. The highest BCUT2D eigenvalue weighted by Gasteiger charge is 2.24. The molecule has 100 valence electrons. The first kappa shape index (κ1) is 14.0. The number of Topliss-reactive ketones (excluding diaryl/α,β-unsaturated/α-hetero) is 1. The van der Waals surface area contributed by atoms with Gasteiger partial charge in [0, 0.05) is 12.6 Å². The van der Waals surface area contributed by atoms with Crippen LogP contribution >= 0.6 is 22.9 Å². The van der Waals surface area contributed by atoms with Gasteiger partial charge in [-0.1, -0.05) is 18.0 Å². The fraction of sp³-hybridized carbons (Fsp3) is 0.615. The average molecular weight is 288 g/mol. The first-order chi connectivity index (χ1) is 8.70. The predicted molar refractivity (Wildman–Crippen MR) is 74.6 cm³/mol. The van der Waals surface area contributed by atoms with Gasteiger partial charge in [-0.2, -0.15) is 0 Å². The zero-order valence-electron chi connectivity index (χ0n) is 10.3. The Balaban J connectivity index is 1.96. The number of nitrogens with zero attached hydrogens (tertiary/aromatic N) is 1. The summed E-state index contributed by atoms with van der Waals surface area (Å²) in [5.74, 6) is 0.136. The van der Waals surface area contributed by atoms with E-state index >= 15 is 0 Å². The van der Waals surface area contributed by atoms with Crippen molar-refractivity contribution in [3.8, 4) is 0 Å². The topological polar surface area (TPSA) is 40.5 Å². The Hall–Kier alpha value is -0.420. The minimum absolute atomic E-state index is 0.136. The standard InChI is InChI=1S/C13H18ClNO2S/c14-13-5-4-12(18-13)11(17)9-15-7-2-1-3-10(15)6-8-16/h4-5,10,16H,1-3,6-9H2. The molecule has 1 aromatic heterocycles. The van der Waals surface area contributed by atoms with Gasteiger partial charge in [0.15, 0.2) is 5.78 Å². The van der Waals surface area contributed by atoms with E-state index < -0.39 is 0 Å². The molecule has 1 saturated heterocycles. The number of ketones is 1. The van der Waals surface area contributed by atoms with E-state index in [9.17, 15) is 4.79 Å². The van der Waals surface area contributed by atoms with E-state index in [1.807, 2.05) is 0 Å². The molecule has 1 aliphatic rings. The first-order valence-corrected chi connectivity index (χ1v) is 7.53. The smallest absolute Gasteiger partial charge is 0.186 e. The molecule has 5 heteroatoms. The Morgan fingerprint density at radius 3 is 3.00 bits per heavy atom. The number of rotatable bonds is 5. The maximum atomic E-state index is 12.1. The second-order valence-electron chi connectivity index (χ2n) is 4.66. The zero-order chi connectivity index (χ0) is 13.0. The molecular formula is C13H18ClNO2S. The molecule has 1 aromatic rings. The Bertz CT molecular complexity index is 405. The Kier molecular flexibility index (Phi) is 5.18. The van der Waals surface area contributed by atoms with Crippen LogP contribution in [0.3, 0.4) is 0 Å². The van der Waals surface area contributed by atoms with Crippen molar-refractivity contribution in [1.29, 1.82) is 0 Å². The fourth-order valence-corrected chi connectivity index (χ4v) is 3.44. The highest BCUT2D eigenvalue weighted by molar-refractivity contribution is 7.18. The number of hydrogen-bond acceptors (Lipinski definition) is 4. The monoisotopic (exact) mass is 287 g/mol. The van der Waals surface area contributed by atoms with Gasteiger partial charge in [0.1, 0.15) is 0 Å². The summed E-state index contributed by atoms with van der Waals surface area (Å²) in [6.07, 6.45) is 4.18. The number of piperidine rings is 1. The van der Waals surface area contributed by atoms with Crippen molar-refractivity contribution in [3.05, 3.63) is 21.3 Å². The Morgan fingerprint density at radius 1 is 1.50 bits per heavy atom. The minimum atomic E-state index is 0.136. The lowest BCUT2D eigenvalue weighted by atomic mass is 9.99. The van der Waals surface area contributed by atoms with Gasteiger partial charge >= 0.3 is 0 Å². The van der Waals surface area contributed by atoms with Gasteiger partial charge in [0.05, 0.1) is 15.8 Å². The molecule has 18 heavy (non-hydrogen) atoms. The van der Waals surface area contributed by atoms with Crippen LogP contribution in [0.5, 0.6) is 0 Å². The molecule has 2 heterocycles. The van der Waals surface area contributed by atoms with E-state index in [0.29, 0.717) is 16.9 Å². The third-order valence-electron chi connectivity index (χ3n) is 3.41. The Morgan fingerprint density at radius 2 is 2.33 bits per heavy atom. The van der Waals surface area contributed by atoms with E-state index in [0.717, 1.165) is 30.7 Å². The molecule has 0 spiro atoms. The van der Waals surface area contributed by atoms with Crippen LogP contribution in [0.15, 0.2) is 12.1 Å². The van der Waals surface area contributed by atoms with E-state index in [4.69, 9.17) is 16.7 Å². The van der Waals surface area contributed by atoms with Crippen molar-refractivity contribution in [1.82, 2.24) is 4.90 Å². The maximum absolute atomic E-state index is 12.1. The molecule has 1 N–H and O–H groups in total. The number of hydrogen-bond donors (Lipinski definition) is 1. The van der Waals surface area contributed by atoms with Crippen LogP contribution in [-0.4, -0.2) is 41.5 Å². The van der Waals surface area contributed by atoms with Crippen LogP contribution in [0, 0.1) is 0 Å². The summed E-state index contributed by atoms with van der Waals surface area (Å²) < 4.78 is 0.656. The van der Waals surface area contributed by atoms with Gasteiger partial charge in [0.2, 0.25) is 0 Å². The summed E-state index contributed by atoms with van der Waals surface area (Å²) in [7, 11) is 0. The molecule has 1 fully saturated rings. The van der Waals surface area contributed by atoms with Crippen molar-refractivity contribution >= 4 is 28.7 Å². The molecule has 1 atom stereocenters. The highest BCUT2D eigenvalue weighted by Crippen LogP contribution is 2.24. The molecular weight excluding hydrogens is 270 g/mol. The number of carbonyl (C=O) groups excluding carboxylic acids is 1. The van der Waals surface area contributed by atoms with Crippen molar-refractivity contribution in [2.24, 2.45) is 0 Å². The summed E-state index contributed by atoms with van der Waals surface area (Å²) in [4.78, 5) is 15.1. The van der Waals surface area contributed by atoms with Crippen molar-refractivity contribution in [2.75, 3.05) is 19.7 Å². The molecule has 3 nitrogen and oxygen atoms in total. The lowest BCUT2D eigenvalue weighted by Gasteiger charge is -2.34. The Labute approximate surface area is 116 Å². The van der Waals surface area contributed by atoms with Crippen LogP contribution in [0.1, 0.15) is 35.4 Å². The van der Waals surface area contributed by atoms with Crippen LogP contribution < -0.4 is 0 Å². The average Bonchev–Trinajstić information content (AvgIpc) is 2.79. The lowest BCUT2D eigenvalue weighted by Crippen LogP contribution is -2.42. The van der Waals surface area contributed by atoms with Crippen LogP contribution in [0.25, 0.3) is 0 Å². The number of carbonyl (C=O) groups is 1. The zero-order valence-corrected chi connectivity index (χ0v) is 11.8. The number of aliphatic hydroxyl groups is 1. The third kappa shape index (κ3) is 3.54. The molecule has 2 rings (SSSR count). The molecule has 0 saturated carbocycles. The van der Waals surface area contributed by atoms with Crippen LogP contribution in [-0.2, 0) is 0 Å². The molecule has 1 aliphatic heterocycles. The van der Waals surface area contributed by atoms with Gasteiger partial charge < -0.3 is 5.11 Å². The quantitative estimate of drug-likeness (QED) is 0.847. The molecule has 0 bridgehead atoms. The fourth-order valence-electron chi connectivity index (χ4n) is 2.47. The second-order valence-corrected chi connectivity index (χ2v) is 6.37. The van der Waals surface area contributed by atoms with E-state index in [1.165, 1.54) is 17.8 Å². The molecule has 0 aromatic carbocycles. The molecule has 1 unspecified atom stereocenters.